The molecule has 0 heterocycles. The Morgan fingerprint density at radius 2 is 1.41 bits per heavy atom. The molecule has 22 heavy (non-hydrogen) atoms. The minimum atomic E-state index is -0.746. The first kappa shape index (κ1) is 17.3. The van der Waals surface area contributed by atoms with Gasteiger partial charge in [-0.3, -0.25) is 20.2 Å². The number of hydrogen-bond acceptors (Lipinski definition) is 5. The molecule has 0 amide bonds. The van der Waals surface area contributed by atoms with E-state index in [4.69, 9.17) is 0 Å². The van der Waals surface area contributed by atoms with Gasteiger partial charge in [0.25, 0.3) is 0 Å². The summed E-state index contributed by atoms with van der Waals surface area (Å²) in [5.74, 6) is 0. The number of ether oxygens (including phenoxy) is 1. The molecule has 0 aliphatic heterocycles. The molecule has 0 saturated carbocycles. The van der Waals surface area contributed by atoms with E-state index in [0.29, 0.717) is 12.0 Å². The van der Waals surface area contributed by atoms with E-state index in [0.717, 1.165) is 5.56 Å². The summed E-state index contributed by atoms with van der Waals surface area (Å²) in [6.07, 6.45) is 0.500. The van der Waals surface area contributed by atoms with Crippen LogP contribution in [-0.2, 0) is 11.2 Å². The van der Waals surface area contributed by atoms with Crippen LogP contribution >= 0.6 is 0 Å². The summed E-state index contributed by atoms with van der Waals surface area (Å²) < 4.78 is 4.25. The third kappa shape index (κ3) is 4.95. The second kappa shape index (κ2) is 8.48. The van der Waals surface area contributed by atoms with Crippen molar-refractivity contribution < 1.29 is 14.6 Å². The minimum absolute atomic E-state index is 0.474. The van der Waals surface area contributed by atoms with Gasteiger partial charge in [0.15, 0.2) is 0 Å². The van der Waals surface area contributed by atoms with Crippen molar-refractivity contribution in [1.82, 2.24) is 0 Å². The maximum atomic E-state index is 10.8. The molecule has 0 N–H and O–H groups in total. The maximum absolute atomic E-state index is 10.8. The second-order valence-electron chi connectivity index (χ2n) is 4.41. The zero-order valence-corrected chi connectivity index (χ0v) is 12.3. The topological polar surface area (TPSA) is 95.5 Å². The van der Waals surface area contributed by atoms with E-state index in [1.54, 1.807) is 14.2 Å². The highest BCUT2D eigenvalue weighted by Gasteiger charge is 2.23. The van der Waals surface area contributed by atoms with E-state index in [2.05, 4.69) is 4.74 Å². The third-order valence-corrected chi connectivity index (χ3v) is 2.68. The SMILES string of the molecule is COC.O=[N+]([O-])c1ccc(Cc2ccccc2)cc1[N+](=O)[O-]. The van der Waals surface area contributed by atoms with Gasteiger partial charge in [-0.05, 0) is 17.5 Å². The summed E-state index contributed by atoms with van der Waals surface area (Å²) in [5, 5.41) is 21.5. The molecule has 0 fully saturated rings. The average Bonchev–Trinajstić information content (AvgIpc) is 2.48. The standard InChI is InChI=1S/C13H10N2O4.C2H6O/c16-14(17)12-7-6-11(9-13(12)15(18)19)8-10-4-2-1-3-5-10;1-3-2/h1-7,9H,8H2;1-2H3. The third-order valence-electron chi connectivity index (χ3n) is 2.68. The number of nitro benzene ring substituents is 2. The van der Waals surface area contributed by atoms with Gasteiger partial charge in [0, 0.05) is 26.4 Å². The predicted octanol–water partition coefficient (Wildman–Crippen LogP) is 3.36. The molecule has 7 nitrogen and oxygen atoms in total. The molecule has 2 aromatic rings. The van der Waals surface area contributed by atoms with E-state index in [1.165, 1.54) is 18.2 Å². The summed E-state index contributed by atoms with van der Waals surface area (Å²) >= 11 is 0. The maximum Gasteiger partial charge on any atom is 0.346 e. The summed E-state index contributed by atoms with van der Waals surface area (Å²) in [4.78, 5) is 20.1. The summed E-state index contributed by atoms with van der Waals surface area (Å²) in [6.45, 7) is 0. The highest BCUT2D eigenvalue weighted by Crippen LogP contribution is 2.28. The zero-order chi connectivity index (χ0) is 16.5. The molecule has 0 spiro atoms. The smallest absolute Gasteiger partial charge is 0.346 e. The van der Waals surface area contributed by atoms with Crippen LogP contribution in [0.3, 0.4) is 0 Å². The fraction of sp³-hybridized carbons (Fsp3) is 0.200. The van der Waals surface area contributed by atoms with Crippen LogP contribution < -0.4 is 0 Å². The first-order valence-corrected chi connectivity index (χ1v) is 6.35. The molecule has 0 aromatic heterocycles. The number of nitrogens with zero attached hydrogens (tertiary/aromatic N) is 2. The van der Waals surface area contributed by atoms with Crippen molar-refractivity contribution in [2.75, 3.05) is 14.2 Å². The van der Waals surface area contributed by atoms with Gasteiger partial charge in [-0.25, -0.2) is 0 Å². The van der Waals surface area contributed by atoms with Crippen molar-refractivity contribution in [1.29, 1.82) is 0 Å². The lowest BCUT2D eigenvalue weighted by Crippen LogP contribution is -1.98. The number of nitro groups is 2. The van der Waals surface area contributed by atoms with Crippen LogP contribution in [0.4, 0.5) is 11.4 Å². The molecule has 0 aliphatic carbocycles. The lowest BCUT2D eigenvalue weighted by atomic mass is 10.0. The first-order chi connectivity index (χ1) is 10.5. The van der Waals surface area contributed by atoms with E-state index in [1.807, 2.05) is 30.3 Å². The highest BCUT2D eigenvalue weighted by atomic mass is 16.6. The Morgan fingerprint density at radius 3 is 1.91 bits per heavy atom. The average molecular weight is 304 g/mol. The molecule has 0 unspecified atom stereocenters. The molecule has 0 saturated heterocycles. The van der Waals surface area contributed by atoms with Crippen molar-refractivity contribution in [3.63, 3.8) is 0 Å². The molecular weight excluding hydrogens is 288 g/mol. The Bertz CT molecular complexity index is 644. The Kier molecular flexibility index (Phi) is 6.65. The lowest BCUT2D eigenvalue weighted by Gasteiger charge is -2.02. The second-order valence-corrected chi connectivity index (χ2v) is 4.41. The van der Waals surface area contributed by atoms with Crippen LogP contribution in [0.15, 0.2) is 48.5 Å². The number of rotatable bonds is 4. The normalized spacial score (nSPS) is 9.55. The predicted molar refractivity (Wildman–Crippen MR) is 81.9 cm³/mol. The van der Waals surface area contributed by atoms with Gasteiger partial charge in [0.05, 0.1) is 9.85 Å². The van der Waals surface area contributed by atoms with Crippen LogP contribution in [-0.4, -0.2) is 24.1 Å². The van der Waals surface area contributed by atoms with Crippen LogP contribution in [0.1, 0.15) is 11.1 Å². The minimum Gasteiger partial charge on any atom is -0.388 e. The Labute approximate surface area is 127 Å². The van der Waals surface area contributed by atoms with Gasteiger partial charge in [0.2, 0.25) is 0 Å². The zero-order valence-electron chi connectivity index (χ0n) is 12.3. The monoisotopic (exact) mass is 304 g/mol. The van der Waals surface area contributed by atoms with E-state index in [9.17, 15) is 20.2 Å². The molecule has 0 bridgehead atoms. The number of hydrogen-bond donors (Lipinski definition) is 0. The van der Waals surface area contributed by atoms with Gasteiger partial charge in [-0.2, -0.15) is 0 Å². The number of benzene rings is 2. The van der Waals surface area contributed by atoms with E-state index < -0.39 is 21.2 Å². The van der Waals surface area contributed by atoms with Crippen molar-refractivity contribution >= 4 is 11.4 Å². The molecule has 2 aromatic carbocycles. The largest absolute Gasteiger partial charge is 0.388 e. The summed E-state index contributed by atoms with van der Waals surface area (Å²) in [6, 6.07) is 13.4. The highest BCUT2D eigenvalue weighted by molar-refractivity contribution is 5.54. The van der Waals surface area contributed by atoms with Crippen LogP contribution in [0, 0.1) is 20.2 Å². The van der Waals surface area contributed by atoms with Gasteiger partial charge in [0.1, 0.15) is 0 Å². The molecule has 0 aliphatic rings. The Morgan fingerprint density at radius 1 is 0.864 bits per heavy atom. The fourth-order valence-corrected chi connectivity index (χ4v) is 1.81. The molecule has 2 rings (SSSR count). The van der Waals surface area contributed by atoms with Crippen molar-refractivity contribution in [2.45, 2.75) is 6.42 Å². The lowest BCUT2D eigenvalue weighted by molar-refractivity contribution is -0.422. The Balaban J connectivity index is 0.000000745. The van der Waals surface area contributed by atoms with Gasteiger partial charge in [-0.15, -0.1) is 0 Å². The van der Waals surface area contributed by atoms with Crippen LogP contribution in [0.25, 0.3) is 0 Å². The van der Waals surface area contributed by atoms with E-state index >= 15 is 0 Å². The Hall–Kier alpha value is -2.80. The van der Waals surface area contributed by atoms with Crippen molar-refractivity contribution in [3.8, 4) is 0 Å². The molecule has 116 valence electrons. The summed E-state index contributed by atoms with van der Waals surface area (Å²) in [7, 11) is 3.25. The molecule has 0 radical (unpaired) electrons. The molecule has 0 atom stereocenters. The van der Waals surface area contributed by atoms with Crippen molar-refractivity contribution in [3.05, 3.63) is 79.9 Å². The van der Waals surface area contributed by atoms with Crippen molar-refractivity contribution in [2.24, 2.45) is 0 Å². The van der Waals surface area contributed by atoms with Crippen LogP contribution in [0.2, 0.25) is 0 Å². The fourth-order valence-electron chi connectivity index (χ4n) is 1.81. The van der Waals surface area contributed by atoms with Gasteiger partial charge >= 0.3 is 11.4 Å². The van der Waals surface area contributed by atoms with Gasteiger partial charge < -0.3 is 4.74 Å². The van der Waals surface area contributed by atoms with E-state index in [-0.39, 0.29) is 0 Å². The number of methoxy groups -OCH3 is 1. The first-order valence-electron chi connectivity index (χ1n) is 6.35. The molecule has 7 heteroatoms. The quantitative estimate of drug-likeness (QED) is 0.637. The van der Waals surface area contributed by atoms with Crippen LogP contribution in [0.5, 0.6) is 0 Å². The van der Waals surface area contributed by atoms with Gasteiger partial charge in [-0.1, -0.05) is 36.4 Å². The summed E-state index contributed by atoms with van der Waals surface area (Å²) in [5.41, 5.74) is 0.703. The molecular formula is C15H16N2O5.